The summed E-state index contributed by atoms with van der Waals surface area (Å²) in [7, 11) is 3.22. The molecule has 2 aromatic heterocycles. The molecular weight excluding hydrogens is 448 g/mol. The van der Waals surface area contributed by atoms with E-state index >= 15 is 0 Å². The van der Waals surface area contributed by atoms with Gasteiger partial charge in [-0.05, 0) is 37.5 Å². The van der Waals surface area contributed by atoms with Crippen molar-refractivity contribution in [1.29, 1.82) is 0 Å². The minimum Gasteiger partial charge on any atom is -0.410 e. The third-order valence-electron chi connectivity index (χ3n) is 6.27. The Labute approximate surface area is 204 Å². The quantitative estimate of drug-likeness (QED) is 0.401. The standard InChI is InChI=1S/C24H32N8O3/c1-16-14-26-20-19(16)21(28-15-27-20)32-11-7-24(8-12-32,29-10-9-25)22(33)30-17-5-4-6-18(13-17)35-23(34)31(2)3/h4-6,13-15,29H,7-12,25H2,1-3H3,(H,30,33)(H,26,27,28). The number of anilines is 2. The maximum atomic E-state index is 13.5. The molecule has 1 aliphatic heterocycles. The number of ether oxygens (including phenoxy) is 1. The van der Waals surface area contributed by atoms with Gasteiger partial charge in [-0.25, -0.2) is 14.8 Å². The summed E-state index contributed by atoms with van der Waals surface area (Å²) in [5.74, 6) is 1.08. The van der Waals surface area contributed by atoms with Gasteiger partial charge >= 0.3 is 6.09 Å². The first-order valence-electron chi connectivity index (χ1n) is 11.6. The first-order valence-corrected chi connectivity index (χ1v) is 11.6. The highest BCUT2D eigenvalue weighted by atomic mass is 16.6. The number of nitrogens with two attached hydrogens (primary N) is 1. The van der Waals surface area contributed by atoms with Crippen molar-refractivity contribution in [2.75, 3.05) is 50.5 Å². The van der Waals surface area contributed by atoms with Gasteiger partial charge in [0.05, 0.1) is 5.39 Å². The van der Waals surface area contributed by atoms with Gasteiger partial charge in [-0.2, -0.15) is 0 Å². The maximum absolute atomic E-state index is 13.5. The van der Waals surface area contributed by atoms with Gasteiger partial charge in [0.2, 0.25) is 5.91 Å². The Morgan fingerprint density at radius 3 is 2.74 bits per heavy atom. The van der Waals surface area contributed by atoms with E-state index in [0.29, 0.717) is 50.5 Å². The van der Waals surface area contributed by atoms with E-state index in [0.717, 1.165) is 22.4 Å². The molecule has 1 saturated heterocycles. The molecule has 4 rings (SSSR count). The van der Waals surface area contributed by atoms with Crippen LogP contribution in [-0.2, 0) is 4.79 Å². The summed E-state index contributed by atoms with van der Waals surface area (Å²) in [6.07, 6.45) is 4.15. The lowest BCUT2D eigenvalue weighted by molar-refractivity contribution is -0.123. The predicted octanol–water partition coefficient (Wildman–Crippen LogP) is 1.85. The monoisotopic (exact) mass is 480 g/mol. The third-order valence-corrected chi connectivity index (χ3v) is 6.27. The maximum Gasteiger partial charge on any atom is 0.414 e. The summed E-state index contributed by atoms with van der Waals surface area (Å²) in [5.41, 5.74) is 7.41. The molecule has 11 nitrogen and oxygen atoms in total. The van der Waals surface area contributed by atoms with Crippen LogP contribution >= 0.6 is 0 Å². The van der Waals surface area contributed by atoms with Crippen LogP contribution in [0.3, 0.4) is 0 Å². The number of aromatic amines is 1. The van der Waals surface area contributed by atoms with Crippen LogP contribution in [0.2, 0.25) is 0 Å². The van der Waals surface area contributed by atoms with Crippen LogP contribution in [0, 0.1) is 6.92 Å². The molecule has 0 atom stereocenters. The topological polar surface area (TPSA) is 142 Å². The molecule has 5 N–H and O–H groups in total. The zero-order valence-electron chi connectivity index (χ0n) is 20.3. The van der Waals surface area contributed by atoms with Gasteiger partial charge in [-0.1, -0.05) is 6.07 Å². The number of aromatic nitrogens is 3. The third kappa shape index (κ3) is 5.20. The fourth-order valence-electron chi connectivity index (χ4n) is 4.31. The number of rotatable bonds is 7. The van der Waals surface area contributed by atoms with Crippen LogP contribution in [0.5, 0.6) is 5.75 Å². The van der Waals surface area contributed by atoms with Crippen LogP contribution in [0.4, 0.5) is 16.3 Å². The molecule has 0 unspecified atom stereocenters. The second kappa shape index (κ2) is 10.3. The van der Waals surface area contributed by atoms with Crippen LogP contribution in [-0.4, -0.2) is 77.7 Å². The Balaban J connectivity index is 1.50. The van der Waals surface area contributed by atoms with Gasteiger partial charge in [0.25, 0.3) is 0 Å². The van der Waals surface area contributed by atoms with E-state index in [-0.39, 0.29) is 5.91 Å². The molecule has 35 heavy (non-hydrogen) atoms. The number of carbonyl (C=O) groups is 2. The van der Waals surface area contributed by atoms with Crippen molar-refractivity contribution in [3.63, 3.8) is 0 Å². The molecule has 0 aliphatic carbocycles. The van der Waals surface area contributed by atoms with Gasteiger partial charge in [-0.15, -0.1) is 0 Å². The zero-order chi connectivity index (χ0) is 25.0. The lowest BCUT2D eigenvalue weighted by Gasteiger charge is -2.41. The van der Waals surface area contributed by atoms with Crippen LogP contribution in [0.25, 0.3) is 11.0 Å². The van der Waals surface area contributed by atoms with Crippen molar-refractivity contribution in [3.05, 3.63) is 42.4 Å². The molecule has 3 heterocycles. The molecule has 0 spiro atoms. The van der Waals surface area contributed by atoms with Gasteiger partial charge in [0, 0.05) is 58.2 Å². The summed E-state index contributed by atoms with van der Waals surface area (Å²) in [6, 6.07) is 6.81. The second-order valence-corrected chi connectivity index (χ2v) is 8.92. The molecule has 0 bridgehead atoms. The number of fused-ring (bicyclic) bond motifs is 1. The SMILES string of the molecule is Cc1c[nH]c2ncnc(N3CCC(NCCN)(C(=O)Nc4cccc(OC(=O)N(C)C)c4)CC3)c12. The Morgan fingerprint density at radius 2 is 2.03 bits per heavy atom. The van der Waals surface area contributed by atoms with E-state index in [9.17, 15) is 9.59 Å². The number of nitrogens with zero attached hydrogens (tertiary/aromatic N) is 4. The largest absolute Gasteiger partial charge is 0.414 e. The van der Waals surface area contributed by atoms with Gasteiger partial charge < -0.3 is 35.9 Å². The minimum atomic E-state index is -0.786. The van der Waals surface area contributed by atoms with Crippen molar-refractivity contribution in [2.24, 2.45) is 5.73 Å². The number of hydrogen-bond acceptors (Lipinski definition) is 8. The number of carbonyl (C=O) groups excluding carboxylic acids is 2. The van der Waals surface area contributed by atoms with Gasteiger partial charge in [0.15, 0.2) is 0 Å². The number of aryl methyl sites for hydroxylation is 1. The summed E-state index contributed by atoms with van der Waals surface area (Å²) >= 11 is 0. The molecule has 186 valence electrons. The number of piperidine rings is 1. The number of amides is 2. The highest BCUT2D eigenvalue weighted by Gasteiger charge is 2.41. The molecular formula is C24H32N8O3. The van der Waals surface area contributed by atoms with Crippen molar-refractivity contribution >= 4 is 34.5 Å². The van der Waals surface area contributed by atoms with E-state index in [1.807, 2.05) is 13.1 Å². The molecule has 2 amide bonds. The van der Waals surface area contributed by atoms with Crippen LogP contribution in [0.1, 0.15) is 18.4 Å². The second-order valence-electron chi connectivity index (χ2n) is 8.92. The van der Waals surface area contributed by atoms with E-state index in [2.05, 4.69) is 30.5 Å². The predicted molar refractivity (Wildman–Crippen MR) is 135 cm³/mol. The lowest BCUT2D eigenvalue weighted by atomic mass is 9.86. The number of H-pyrrole nitrogens is 1. The molecule has 1 aliphatic rings. The number of benzene rings is 1. The molecule has 11 heteroatoms. The molecule has 0 radical (unpaired) electrons. The number of hydrogen-bond donors (Lipinski definition) is 4. The number of nitrogens with one attached hydrogen (secondary N) is 3. The zero-order valence-corrected chi connectivity index (χ0v) is 20.3. The summed E-state index contributed by atoms with van der Waals surface area (Å²) in [5, 5.41) is 7.39. The van der Waals surface area contributed by atoms with E-state index < -0.39 is 11.6 Å². The molecule has 0 saturated carbocycles. The average Bonchev–Trinajstić information content (AvgIpc) is 3.24. The van der Waals surface area contributed by atoms with E-state index in [1.165, 1.54) is 4.90 Å². The molecule has 1 aromatic carbocycles. The first kappa shape index (κ1) is 24.4. The fraction of sp³-hybridized carbons (Fsp3) is 0.417. The molecule has 3 aromatic rings. The van der Waals surface area contributed by atoms with Crippen LogP contribution in [0.15, 0.2) is 36.8 Å². The highest BCUT2D eigenvalue weighted by molar-refractivity contribution is 5.99. The van der Waals surface area contributed by atoms with Crippen molar-refractivity contribution in [1.82, 2.24) is 25.2 Å². The lowest BCUT2D eigenvalue weighted by Crippen LogP contribution is -2.61. The Morgan fingerprint density at radius 1 is 1.26 bits per heavy atom. The van der Waals surface area contributed by atoms with E-state index in [1.54, 1.807) is 44.7 Å². The van der Waals surface area contributed by atoms with Crippen molar-refractivity contribution in [3.8, 4) is 5.75 Å². The normalized spacial score (nSPS) is 15.1. The Kier molecular flexibility index (Phi) is 7.17. The first-order chi connectivity index (χ1) is 16.8. The average molecular weight is 481 g/mol. The Bertz CT molecular complexity index is 1200. The fourth-order valence-corrected chi connectivity index (χ4v) is 4.31. The smallest absolute Gasteiger partial charge is 0.410 e. The highest BCUT2D eigenvalue weighted by Crippen LogP contribution is 2.32. The van der Waals surface area contributed by atoms with Gasteiger partial charge in [0.1, 0.15) is 29.1 Å². The summed E-state index contributed by atoms with van der Waals surface area (Å²) in [6.45, 7) is 4.25. The van der Waals surface area contributed by atoms with Crippen molar-refractivity contribution in [2.45, 2.75) is 25.3 Å². The Hall–Kier alpha value is -3.70. The van der Waals surface area contributed by atoms with Crippen molar-refractivity contribution < 1.29 is 14.3 Å². The summed E-state index contributed by atoms with van der Waals surface area (Å²) < 4.78 is 5.32. The minimum absolute atomic E-state index is 0.146. The van der Waals surface area contributed by atoms with E-state index in [4.69, 9.17) is 10.5 Å². The molecule has 1 fully saturated rings. The van der Waals surface area contributed by atoms with Crippen LogP contribution < -0.4 is 26.0 Å². The summed E-state index contributed by atoms with van der Waals surface area (Å²) in [4.78, 5) is 41.0. The van der Waals surface area contributed by atoms with Gasteiger partial charge in [-0.3, -0.25) is 4.79 Å².